The molecule has 80 valence electrons. The van der Waals surface area contributed by atoms with Crippen molar-refractivity contribution in [3.8, 4) is 5.75 Å². The van der Waals surface area contributed by atoms with Crippen molar-refractivity contribution in [1.82, 2.24) is 10.6 Å². The SMILES string of the molecule is CC1(Oc2cccc3c2CNC3)CNC1. The molecule has 1 fully saturated rings. The molecule has 2 aliphatic heterocycles. The summed E-state index contributed by atoms with van der Waals surface area (Å²) in [6.07, 6.45) is 0. The Bertz CT molecular complexity index is 385. The zero-order valence-corrected chi connectivity index (χ0v) is 8.97. The number of fused-ring (bicyclic) bond motifs is 1. The smallest absolute Gasteiger partial charge is 0.131 e. The van der Waals surface area contributed by atoms with Crippen molar-refractivity contribution in [2.45, 2.75) is 25.6 Å². The average molecular weight is 204 g/mol. The van der Waals surface area contributed by atoms with Crippen molar-refractivity contribution in [3.05, 3.63) is 29.3 Å². The van der Waals surface area contributed by atoms with E-state index in [0.717, 1.165) is 31.9 Å². The van der Waals surface area contributed by atoms with Crippen LogP contribution in [0.15, 0.2) is 18.2 Å². The van der Waals surface area contributed by atoms with Crippen LogP contribution in [0, 0.1) is 0 Å². The normalized spacial score (nSPS) is 21.9. The van der Waals surface area contributed by atoms with Crippen LogP contribution in [0.5, 0.6) is 5.75 Å². The minimum Gasteiger partial charge on any atom is -0.485 e. The third kappa shape index (κ3) is 1.52. The molecule has 0 atom stereocenters. The fourth-order valence-electron chi connectivity index (χ4n) is 2.21. The lowest BCUT2D eigenvalue weighted by Gasteiger charge is -2.39. The lowest BCUT2D eigenvalue weighted by atomic mass is 9.99. The number of hydrogen-bond acceptors (Lipinski definition) is 3. The van der Waals surface area contributed by atoms with Crippen LogP contribution in [0.25, 0.3) is 0 Å². The van der Waals surface area contributed by atoms with Crippen LogP contribution in [-0.4, -0.2) is 18.7 Å². The van der Waals surface area contributed by atoms with Gasteiger partial charge in [0, 0.05) is 31.7 Å². The van der Waals surface area contributed by atoms with Gasteiger partial charge in [0.25, 0.3) is 0 Å². The molecule has 0 aliphatic carbocycles. The Morgan fingerprint density at radius 2 is 2.07 bits per heavy atom. The van der Waals surface area contributed by atoms with Crippen LogP contribution in [0.4, 0.5) is 0 Å². The monoisotopic (exact) mass is 204 g/mol. The molecule has 0 spiro atoms. The summed E-state index contributed by atoms with van der Waals surface area (Å²) < 4.78 is 6.08. The molecule has 3 nitrogen and oxygen atoms in total. The van der Waals surface area contributed by atoms with E-state index in [1.54, 1.807) is 0 Å². The van der Waals surface area contributed by atoms with Gasteiger partial charge >= 0.3 is 0 Å². The maximum atomic E-state index is 6.08. The molecule has 0 unspecified atom stereocenters. The second kappa shape index (κ2) is 3.22. The van der Waals surface area contributed by atoms with Gasteiger partial charge in [-0.15, -0.1) is 0 Å². The Balaban J connectivity index is 1.89. The van der Waals surface area contributed by atoms with Crippen molar-refractivity contribution < 1.29 is 4.74 Å². The highest BCUT2D eigenvalue weighted by Gasteiger charge is 2.34. The Labute approximate surface area is 89.8 Å². The Kier molecular flexibility index (Phi) is 1.97. The van der Waals surface area contributed by atoms with Crippen LogP contribution >= 0.6 is 0 Å². The van der Waals surface area contributed by atoms with Gasteiger partial charge in [-0.1, -0.05) is 12.1 Å². The van der Waals surface area contributed by atoms with Gasteiger partial charge in [0.05, 0.1) is 0 Å². The molecule has 15 heavy (non-hydrogen) atoms. The molecule has 0 amide bonds. The minimum absolute atomic E-state index is 0.00227. The van der Waals surface area contributed by atoms with Gasteiger partial charge in [-0.3, -0.25) is 0 Å². The molecule has 0 aromatic heterocycles. The largest absolute Gasteiger partial charge is 0.485 e. The van der Waals surface area contributed by atoms with E-state index in [1.807, 2.05) is 0 Å². The molecule has 0 bridgehead atoms. The number of ether oxygens (including phenoxy) is 1. The predicted molar refractivity (Wildman–Crippen MR) is 58.9 cm³/mol. The van der Waals surface area contributed by atoms with Crippen LogP contribution in [0.1, 0.15) is 18.1 Å². The first-order valence-electron chi connectivity index (χ1n) is 5.48. The molecular weight excluding hydrogens is 188 g/mol. The maximum Gasteiger partial charge on any atom is 0.131 e. The highest BCUT2D eigenvalue weighted by atomic mass is 16.5. The summed E-state index contributed by atoms with van der Waals surface area (Å²) in [5.41, 5.74) is 2.71. The lowest BCUT2D eigenvalue weighted by molar-refractivity contribution is 0.0340. The zero-order valence-electron chi connectivity index (χ0n) is 8.97. The van der Waals surface area contributed by atoms with Crippen molar-refractivity contribution in [1.29, 1.82) is 0 Å². The highest BCUT2D eigenvalue weighted by Crippen LogP contribution is 2.30. The van der Waals surface area contributed by atoms with E-state index < -0.39 is 0 Å². The Morgan fingerprint density at radius 3 is 2.80 bits per heavy atom. The summed E-state index contributed by atoms with van der Waals surface area (Å²) in [4.78, 5) is 0. The molecular formula is C12H16N2O. The van der Waals surface area contributed by atoms with Gasteiger partial charge in [0.1, 0.15) is 11.4 Å². The molecule has 0 saturated carbocycles. The molecule has 2 aliphatic rings. The van der Waals surface area contributed by atoms with E-state index in [2.05, 4.69) is 35.8 Å². The number of nitrogens with one attached hydrogen (secondary N) is 2. The van der Waals surface area contributed by atoms with Crippen LogP contribution in [0.2, 0.25) is 0 Å². The quantitative estimate of drug-likeness (QED) is 0.755. The molecule has 3 rings (SSSR count). The molecule has 3 heteroatoms. The van der Waals surface area contributed by atoms with E-state index in [1.165, 1.54) is 11.1 Å². The van der Waals surface area contributed by atoms with E-state index in [9.17, 15) is 0 Å². The summed E-state index contributed by atoms with van der Waals surface area (Å²) in [5, 5.41) is 6.60. The molecule has 1 saturated heterocycles. The van der Waals surface area contributed by atoms with Gasteiger partial charge < -0.3 is 15.4 Å². The fraction of sp³-hybridized carbons (Fsp3) is 0.500. The van der Waals surface area contributed by atoms with Gasteiger partial charge in [-0.2, -0.15) is 0 Å². The summed E-state index contributed by atoms with van der Waals surface area (Å²) >= 11 is 0. The first-order valence-corrected chi connectivity index (χ1v) is 5.48. The van der Waals surface area contributed by atoms with Gasteiger partial charge in [0.2, 0.25) is 0 Å². The Morgan fingerprint density at radius 1 is 1.20 bits per heavy atom. The van der Waals surface area contributed by atoms with Crippen LogP contribution < -0.4 is 15.4 Å². The van der Waals surface area contributed by atoms with Crippen molar-refractivity contribution in [2.75, 3.05) is 13.1 Å². The standard InChI is InChI=1S/C12H16N2O/c1-12(7-14-8-12)15-11-4-2-3-9-5-13-6-10(9)11/h2-4,13-14H,5-8H2,1H3. The van der Waals surface area contributed by atoms with Crippen LogP contribution in [0.3, 0.4) is 0 Å². The van der Waals surface area contributed by atoms with E-state index in [0.29, 0.717) is 0 Å². The Hall–Kier alpha value is -1.06. The zero-order chi connectivity index (χ0) is 10.3. The van der Waals surface area contributed by atoms with Crippen LogP contribution in [-0.2, 0) is 13.1 Å². The van der Waals surface area contributed by atoms with Gasteiger partial charge in [-0.05, 0) is 18.6 Å². The summed E-state index contributed by atoms with van der Waals surface area (Å²) in [6, 6.07) is 6.33. The van der Waals surface area contributed by atoms with E-state index >= 15 is 0 Å². The summed E-state index contributed by atoms with van der Waals surface area (Å²) in [5.74, 6) is 1.06. The number of rotatable bonds is 2. The maximum absolute atomic E-state index is 6.08. The predicted octanol–water partition coefficient (Wildman–Crippen LogP) is 1.03. The topological polar surface area (TPSA) is 33.3 Å². The molecule has 1 aromatic rings. The third-order valence-electron chi connectivity index (χ3n) is 3.20. The van der Waals surface area contributed by atoms with Gasteiger partial charge in [-0.25, -0.2) is 0 Å². The second-order valence-electron chi connectivity index (χ2n) is 4.65. The molecule has 0 radical (unpaired) electrons. The average Bonchev–Trinajstić information content (AvgIpc) is 2.64. The minimum atomic E-state index is -0.00227. The second-order valence-corrected chi connectivity index (χ2v) is 4.65. The molecule has 1 aromatic carbocycles. The lowest BCUT2D eigenvalue weighted by Crippen LogP contribution is -2.61. The molecule has 2 heterocycles. The number of hydrogen-bond donors (Lipinski definition) is 2. The number of benzene rings is 1. The first kappa shape index (κ1) is 9.19. The van der Waals surface area contributed by atoms with Crippen molar-refractivity contribution in [2.24, 2.45) is 0 Å². The summed E-state index contributed by atoms with van der Waals surface area (Å²) in [7, 11) is 0. The fourth-order valence-corrected chi connectivity index (χ4v) is 2.21. The third-order valence-corrected chi connectivity index (χ3v) is 3.20. The van der Waals surface area contributed by atoms with Crippen molar-refractivity contribution >= 4 is 0 Å². The van der Waals surface area contributed by atoms with E-state index in [4.69, 9.17) is 4.74 Å². The summed E-state index contributed by atoms with van der Waals surface area (Å²) in [6.45, 7) is 5.97. The first-order chi connectivity index (χ1) is 7.27. The van der Waals surface area contributed by atoms with Crippen molar-refractivity contribution in [3.63, 3.8) is 0 Å². The van der Waals surface area contributed by atoms with Gasteiger partial charge in [0.15, 0.2) is 0 Å². The highest BCUT2D eigenvalue weighted by molar-refractivity contribution is 5.42. The molecule has 2 N–H and O–H groups in total. The van der Waals surface area contributed by atoms with E-state index in [-0.39, 0.29) is 5.60 Å².